The average Bonchev–Trinajstić information content (AvgIpc) is 3.03. The maximum absolute atomic E-state index is 13.6. The minimum Gasteiger partial charge on any atom is -0.323 e. The van der Waals surface area contributed by atoms with Crippen molar-refractivity contribution in [1.82, 2.24) is 14.8 Å². The summed E-state index contributed by atoms with van der Waals surface area (Å²) in [5, 5.41) is 11.3. The fourth-order valence-electron chi connectivity index (χ4n) is 2.72. The van der Waals surface area contributed by atoms with Gasteiger partial charge in [0, 0.05) is 18.7 Å². The third kappa shape index (κ3) is 5.00. The molecule has 0 fully saturated rings. The van der Waals surface area contributed by atoms with E-state index in [1.807, 2.05) is 19.2 Å². The second-order valence-corrected chi connectivity index (χ2v) is 8.60. The molecule has 29 heavy (non-hydrogen) atoms. The van der Waals surface area contributed by atoms with Gasteiger partial charge < -0.3 is 9.88 Å². The molecule has 0 bridgehead atoms. The molecule has 3 rings (SSSR count). The van der Waals surface area contributed by atoms with Crippen molar-refractivity contribution in [1.29, 1.82) is 0 Å². The number of rotatable bonds is 5. The van der Waals surface area contributed by atoms with Crippen LogP contribution in [0.3, 0.4) is 0 Å². The number of carbonyl (C=O) groups is 1. The van der Waals surface area contributed by atoms with E-state index in [1.54, 1.807) is 4.57 Å². The summed E-state index contributed by atoms with van der Waals surface area (Å²) in [5.41, 5.74) is 2.02. The molecule has 2 aromatic carbocycles. The van der Waals surface area contributed by atoms with Crippen LogP contribution in [0.25, 0.3) is 11.4 Å². The molecule has 0 saturated carbocycles. The molecular weight excluding hydrogens is 394 g/mol. The summed E-state index contributed by atoms with van der Waals surface area (Å²) in [6.45, 7) is 6.46. The Morgan fingerprint density at radius 1 is 1.10 bits per heavy atom. The van der Waals surface area contributed by atoms with Gasteiger partial charge in [-0.1, -0.05) is 56.8 Å². The number of carbonyl (C=O) groups excluding carboxylic acids is 1. The fourth-order valence-corrected chi connectivity index (χ4v) is 3.43. The van der Waals surface area contributed by atoms with Crippen molar-refractivity contribution in [2.24, 2.45) is 7.05 Å². The standard InChI is InChI=1S/C21H22F2N4OS/c1-21(2,3)14-7-5-13(6-8-14)19-25-26-20(27(19)4)29-12-18(28)24-17-11-15(22)9-10-16(17)23/h5-11H,12H2,1-4H3,(H,24,28). The lowest BCUT2D eigenvalue weighted by Gasteiger charge is -2.19. The first-order valence-corrected chi connectivity index (χ1v) is 10.0. The van der Waals surface area contributed by atoms with E-state index in [0.717, 1.165) is 23.8 Å². The van der Waals surface area contributed by atoms with E-state index in [2.05, 4.69) is 48.4 Å². The first-order chi connectivity index (χ1) is 13.6. The van der Waals surface area contributed by atoms with Gasteiger partial charge in [-0.2, -0.15) is 0 Å². The summed E-state index contributed by atoms with van der Waals surface area (Å²) in [7, 11) is 1.82. The topological polar surface area (TPSA) is 59.8 Å². The zero-order valence-corrected chi connectivity index (χ0v) is 17.5. The third-order valence-corrected chi connectivity index (χ3v) is 5.40. The number of nitrogens with one attached hydrogen (secondary N) is 1. The van der Waals surface area contributed by atoms with E-state index in [1.165, 1.54) is 17.3 Å². The second kappa shape index (κ2) is 8.32. The maximum Gasteiger partial charge on any atom is 0.234 e. The Morgan fingerprint density at radius 3 is 2.45 bits per heavy atom. The minimum atomic E-state index is -0.690. The molecule has 1 amide bonds. The van der Waals surface area contributed by atoms with Crippen molar-refractivity contribution in [3.63, 3.8) is 0 Å². The SMILES string of the molecule is Cn1c(SCC(=O)Nc2cc(F)ccc2F)nnc1-c1ccc(C(C)(C)C)cc1. The van der Waals surface area contributed by atoms with Gasteiger partial charge >= 0.3 is 0 Å². The van der Waals surface area contributed by atoms with E-state index in [9.17, 15) is 13.6 Å². The molecule has 0 saturated heterocycles. The molecular formula is C21H22F2N4OS. The second-order valence-electron chi connectivity index (χ2n) is 7.65. The molecule has 5 nitrogen and oxygen atoms in total. The summed E-state index contributed by atoms with van der Waals surface area (Å²) in [6, 6.07) is 11.0. The Morgan fingerprint density at radius 2 is 1.79 bits per heavy atom. The number of thioether (sulfide) groups is 1. The Labute approximate surface area is 172 Å². The molecule has 152 valence electrons. The molecule has 0 radical (unpaired) electrons. The summed E-state index contributed by atoms with van der Waals surface area (Å²) in [4.78, 5) is 12.1. The molecule has 0 unspecified atom stereocenters. The number of benzene rings is 2. The molecule has 0 aliphatic rings. The normalized spacial score (nSPS) is 11.5. The molecule has 0 spiro atoms. The Hall–Kier alpha value is -2.74. The molecule has 0 aliphatic heterocycles. The summed E-state index contributed by atoms with van der Waals surface area (Å²) >= 11 is 1.17. The van der Waals surface area contributed by atoms with E-state index >= 15 is 0 Å². The largest absolute Gasteiger partial charge is 0.323 e. The van der Waals surface area contributed by atoms with E-state index in [0.29, 0.717) is 11.0 Å². The average molecular weight is 416 g/mol. The van der Waals surface area contributed by atoms with Crippen LogP contribution in [0.5, 0.6) is 0 Å². The lowest BCUT2D eigenvalue weighted by atomic mass is 9.87. The van der Waals surface area contributed by atoms with Crippen LogP contribution in [0.2, 0.25) is 0 Å². The van der Waals surface area contributed by atoms with Crippen molar-refractivity contribution in [2.75, 3.05) is 11.1 Å². The van der Waals surface area contributed by atoms with Gasteiger partial charge in [-0.15, -0.1) is 10.2 Å². The first-order valence-electron chi connectivity index (χ1n) is 9.03. The Kier molecular flexibility index (Phi) is 6.02. The highest BCUT2D eigenvalue weighted by molar-refractivity contribution is 7.99. The highest BCUT2D eigenvalue weighted by atomic mass is 32.2. The Bertz CT molecular complexity index is 1030. The zero-order chi connectivity index (χ0) is 21.2. The number of nitrogens with zero attached hydrogens (tertiary/aromatic N) is 3. The van der Waals surface area contributed by atoms with Gasteiger partial charge in [-0.25, -0.2) is 8.78 Å². The van der Waals surface area contributed by atoms with Crippen molar-refractivity contribution in [3.05, 3.63) is 59.7 Å². The molecule has 1 aromatic heterocycles. The quantitative estimate of drug-likeness (QED) is 0.608. The molecule has 0 atom stereocenters. The van der Waals surface area contributed by atoms with Crippen LogP contribution in [0.4, 0.5) is 14.5 Å². The molecule has 3 aromatic rings. The predicted octanol–water partition coefficient (Wildman–Crippen LogP) is 4.79. The monoisotopic (exact) mass is 416 g/mol. The fraction of sp³-hybridized carbons (Fsp3) is 0.286. The molecule has 0 aliphatic carbocycles. The first kappa shape index (κ1) is 21.0. The van der Waals surface area contributed by atoms with Gasteiger partial charge in [0.05, 0.1) is 11.4 Å². The number of anilines is 1. The van der Waals surface area contributed by atoms with Gasteiger partial charge in [-0.3, -0.25) is 4.79 Å². The van der Waals surface area contributed by atoms with Crippen molar-refractivity contribution >= 4 is 23.4 Å². The predicted molar refractivity (Wildman–Crippen MR) is 111 cm³/mol. The van der Waals surface area contributed by atoms with Gasteiger partial charge in [0.2, 0.25) is 5.91 Å². The van der Waals surface area contributed by atoms with Crippen molar-refractivity contribution in [2.45, 2.75) is 31.3 Å². The lowest BCUT2D eigenvalue weighted by molar-refractivity contribution is -0.113. The number of hydrogen-bond donors (Lipinski definition) is 1. The lowest BCUT2D eigenvalue weighted by Crippen LogP contribution is -2.15. The van der Waals surface area contributed by atoms with Gasteiger partial charge in [0.1, 0.15) is 11.6 Å². The van der Waals surface area contributed by atoms with Crippen LogP contribution in [0, 0.1) is 11.6 Å². The maximum atomic E-state index is 13.6. The Balaban J connectivity index is 1.67. The number of hydrogen-bond acceptors (Lipinski definition) is 4. The number of aromatic nitrogens is 3. The van der Waals surface area contributed by atoms with Gasteiger partial charge in [0.15, 0.2) is 11.0 Å². The van der Waals surface area contributed by atoms with E-state index in [-0.39, 0.29) is 16.9 Å². The van der Waals surface area contributed by atoms with Crippen LogP contribution in [-0.2, 0) is 17.3 Å². The smallest absolute Gasteiger partial charge is 0.234 e. The summed E-state index contributed by atoms with van der Waals surface area (Å²) in [6.07, 6.45) is 0. The molecule has 8 heteroatoms. The van der Waals surface area contributed by atoms with Crippen LogP contribution >= 0.6 is 11.8 Å². The van der Waals surface area contributed by atoms with Crippen molar-refractivity contribution in [3.8, 4) is 11.4 Å². The van der Waals surface area contributed by atoms with Crippen LogP contribution in [0.15, 0.2) is 47.6 Å². The number of halogens is 2. The summed E-state index contributed by atoms with van der Waals surface area (Å²) in [5.74, 6) is -1.09. The van der Waals surface area contributed by atoms with E-state index in [4.69, 9.17) is 0 Å². The summed E-state index contributed by atoms with van der Waals surface area (Å²) < 4.78 is 28.6. The highest BCUT2D eigenvalue weighted by Crippen LogP contribution is 2.27. The van der Waals surface area contributed by atoms with E-state index < -0.39 is 17.5 Å². The minimum absolute atomic E-state index is 0.00904. The number of amides is 1. The van der Waals surface area contributed by atoms with Gasteiger partial charge in [0.25, 0.3) is 0 Å². The zero-order valence-electron chi connectivity index (χ0n) is 16.7. The molecule has 1 heterocycles. The van der Waals surface area contributed by atoms with Gasteiger partial charge in [-0.05, 0) is 23.1 Å². The third-order valence-electron chi connectivity index (χ3n) is 4.38. The highest BCUT2D eigenvalue weighted by Gasteiger charge is 2.16. The van der Waals surface area contributed by atoms with Crippen LogP contribution in [-0.4, -0.2) is 26.4 Å². The van der Waals surface area contributed by atoms with Crippen LogP contribution in [0.1, 0.15) is 26.3 Å². The van der Waals surface area contributed by atoms with Crippen molar-refractivity contribution < 1.29 is 13.6 Å². The molecule has 1 N–H and O–H groups in total. The van der Waals surface area contributed by atoms with Crippen LogP contribution < -0.4 is 5.32 Å².